The van der Waals surface area contributed by atoms with Crippen molar-refractivity contribution in [1.29, 1.82) is 0 Å². The van der Waals surface area contributed by atoms with Crippen molar-refractivity contribution in [2.75, 3.05) is 19.5 Å². The van der Waals surface area contributed by atoms with Gasteiger partial charge in [0, 0.05) is 36.3 Å². The normalized spacial score (nSPS) is 30.9. The van der Waals surface area contributed by atoms with Crippen LogP contribution < -0.4 is 20.1 Å². The average molecular weight is 445 g/mol. The zero-order chi connectivity index (χ0) is 23.1. The third-order valence-corrected chi connectivity index (χ3v) is 7.21. The summed E-state index contributed by atoms with van der Waals surface area (Å²) in [5, 5.41) is 5.92. The molecule has 4 aliphatic rings. The minimum Gasteiger partial charge on any atom is -0.497 e. The topological polar surface area (TPSA) is 103 Å². The van der Waals surface area contributed by atoms with Crippen LogP contribution in [0.1, 0.15) is 52.4 Å². The minimum atomic E-state index is -0.954. The molecular formula is C24H32N2O6. The number of hydrogen-bond acceptors (Lipinski definition) is 6. The molecule has 5 rings (SSSR count). The van der Waals surface area contributed by atoms with Crippen molar-refractivity contribution in [2.45, 2.75) is 64.0 Å². The van der Waals surface area contributed by atoms with Crippen molar-refractivity contribution in [1.82, 2.24) is 5.32 Å². The summed E-state index contributed by atoms with van der Waals surface area (Å²) in [7, 11) is 3.06. The molecule has 1 aromatic carbocycles. The maximum absolute atomic E-state index is 13.3. The lowest BCUT2D eigenvalue weighted by atomic mass is 9.47. The summed E-state index contributed by atoms with van der Waals surface area (Å²) in [6.45, 7) is 3.11. The highest BCUT2D eigenvalue weighted by Crippen LogP contribution is 2.62. The smallest absolute Gasteiger partial charge is 0.312 e. The van der Waals surface area contributed by atoms with E-state index in [9.17, 15) is 14.4 Å². The number of ether oxygens (including phenoxy) is 3. The van der Waals surface area contributed by atoms with Gasteiger partial charge in [-0.3, -0.25) is 14.4 Å². The van der Waals surface area contributed by atoms with Gasteiger partial charge in [0.15, 0.2) is 6.10 Å². The van der Waals surface area contributed by atoms with Crippen molar-refractivity contribution < 1.29 is 28.6 Å². The fourth-order valence-electron chi connectivity index (χ4n) is 6.48. The van der Waals surface area contributed by atoms with Gasteiger partial charge < -0.3 is 24.8 Å². The molecule has 0 radical (unpaired) electrons. The van der Waals surface area contributed by atoms with Crippen molar-refractivity contribution >= 4 is 23.5 Å². The van der Waals surface area contributed by atoms with E-state index in [2.05, 4.69) is 10.6 Å². The molecule has 0 aliphatic heterocycles. The van der Waals surface area contributed by atoms with E-state index in [-0.39, 0.29) is 17.4 Å². The predicted molar refractivity (Wildman–Crippen MR) is 117 cm³/mol. The number of carbonyl (C=O) groups is 3. The summed E-state index contributed by atoms with van der Waals surface area (Å²) in [6, 6.07) is 5.05. The molecular weight excluding hydrogens is 412 g/mol. The SMILES string of the molecule is COc1cc(NC(=O)[C@H](C)OC(=O)C23C[C@H]4C[C@@H](CC(NC(C)=O)(C4)C2)C3)cc(OC)c1. The quantitative estimate of drug-likeness (QED) is 0.627. The van der Waals surface area contributed by atoms with E-state index < -0.39 is 17.4 Å². The Morgan fingerprint density at radius 3 is 2.12 bits per heavy atom. The van der Waals surface area contributed by atoms with Crippen LogP contribution >= 0.6 is 0 Å². The first-order chi connectivity index (χ1) is 15.2. The predicted octanol–water partition coefficient (Wildman–Crippen LogP) is 3.05. The first-order valence-electron chi connectivity index (χ1n) is 11.2. The van der Waals surface area contributed by atoms with E-state index in [1.54, 1.807) is 25.1 Å². The second-order valence-corrected chi connectivity index (χ2v) is 9.84. The van der Waals surface area contributed by atoms with Crippen molar-refractivity contribution in [3.8, 4) is 11.5 Å². The maximum atomic E-state index is 13.3. The Kier molecular flexibility index (Phi) is 5.81. The molecule has 2 N–H and O–H groups in total. The number of nitrogens with one attached hydrogen (secondary N) is 2. The maximum Gasteiger partial charge on any atom is 0.312 e. The molecule has 8 nitrogen and oxygen atoms in total. The summed E-state index contributed by atoms with van der Waals surface area (Å²) in [4.78, 5) is 37.9. The molecule has 4 bridgehead atoms. The van der Waals surface area contributed by atoms with Crippen LogP contribution in [-0.2, 0) is 19.1 Å². The number of esters is 1. The van der Waals surface area contributed by atoms with E-state index in [4.69, 9.17) is 14.2 Å². The lowest BCUT2D eigenvalue weighted by Gasteiger charge is -2.60. The molecule has 174 valence electrons. The van der Waals surface area contributed by atoms with Gasteiger partial charge in [0.1, 0.15) is 11.5 Å². The number of rotatable bonds is 7. The molecule has 4 saturated carbocycles. The van der Waals surface area contributed by atoms with Crippen LogP contribution in [0.3, 0.4) is 0 Å². The van der Waals surface area contributed by atoms with Gasteiger partial charge in [-0.2, -0.15) is 0 Å². The first kappa shape index (κ1) is 22.4. The summed E-state index contributed by atoms with van der Waals surface area (Å²) in [6.07, 6.45) is 4.12. The van der Waals surface area contributed by atoms with E-state index in [1.165, 1.54) is 21.1 Å². The average Bonchev–Trinajstić information content (AvgIpc) is 2.71. The summed E-state index contributed by atoms with van der Waals surface area (Å²) >= 11 is 0. The monoisotopic (exact) mass is 444 g/mol. The first-order valence-corrected chi connectivity index (χ1v) is 11.2. The van der Waals surface area contributed by atoms with Gasteiger partial charge in [0.05, 0.1) is 19.6 Å². The van der Waals surface area contributed by atoms with Gasteiger partial charge in [0.25, 0.3) is 5.91 Å². The molecule has 2 amide bonds. The van der Waals surface area contributed by atoms with Crippen LogP contribution in [0.15, 0.2) is 18.2 Å². The number of carbonyl (C=O) groups excluding carboxylic acids is 3. The molecule has 4 aliphatic carbocycles. The number of benzene rings is 1. The summed E-state index contributed by atoms with van der Waals surface area (Å²) < 4.78 is 16.2. The minimum absolute atomic E-state index is 0.0584. The van der Waals surface area contributed by atoms with Crippen LogP contribution in [0.5, 0.6) is 11.5 Å². The van der Waals surface area contributed by atoms with Crippen molar-refractivity contribution in [3.05, 3.63) is 18.2 Å². The van der Waals surface area contributed by atoms with Crippen LogP contribution in [0.25, 0.3) is 0 Å². The van der Waals surface area contributed by atoms with Gasteiger partial charge in [-0.05, 0) is 57.3 Å². The molecule has 1 aromatic rings. The van der Waals surface area contributed by atoms with Crippen molar-refractivity contribution in [3.63, 3.8) is 0 Å². The van der Waals surface area contributed by atoms with Gasteiger partial charge in [-0.15, -0.1) is 0 Å². The Labute approximate surface area is 188 Å². The van der Waals surface area contributed by atoms with Crippen molar-refractivity contribution in [2.24, 2.45) is 17.3 Å². The van der Waals surface area contributed by atoms with E-state index in [0.717, 1.165) is 32.1 Å². The molecule has 3 atom stereocenters. The Morgan fingerprint density at radius 1 is 1.00 bits per heavy atom. The van der Waals surface area contributed by atoms with Gasteiger partial charge in [-0.25, -0.2) is 0 Å². The lowest BCUT2D eigenvalue weighted by molar-refractivity contribution is -0.181. The number of amides is 2. The Hall–Kier alpha value is -2.77. The molecule has 0 heterocycles. The van der Waals surface area contributed by atoms with Gasteiger partial charge in [-0.1, -0.05) is 0 Å². The Balaban J connectivity index is 1.44. The third kappa shape index (κ3) is 4.27. The highest BCUT2D eigenvalue weighted by molar-refractivity contribution is 5.95. The molecule has 8 heteroatoms. The number of anilines is 1. The Bertz CT molecular complexity index is 893. The number of methoxy groups -OCH3 is 2. The van der Waals surface area contributed by atoms with E-state index in [1.807, 2.05) is 0 Å². The zero-order valence-corrected chi connectivity index (χ0v) is 19.2. The highest BCUT2D eigenvalue weighted by Gasteiger charge is 2.61. The van der Waals surface area contributed by atoms with Gasteiger partial charge >= 0.3 is 5.97 Å². The van der Waals surface area contributed by atoms with E-state index >= 15 is 0 Å². The van der Waals surface area contributed by atoms with Crippen LogP contribution in [0.4, 0.5) is 5.69 Å². The highest BCUT2D eigenvalue weighted by atomic mass is 16.5. The lowest BCUT2D eigenvalue weighted by Crippen LogP contribution is -2.65. The zero-order valence-electron chi connectivity index (χ0n) is 19.2. The molecule has 32 heavy (non-hydrogen) atoms. The Morgan fingerprint density at radius 2 is 1.59 bits per heavy atom. The molecule has 0 spiro atoms. The van der Waals surface area contributed by atoms with Gasteiger partial charge in [0.2, 0.25) is 5.91 Å². The largest absolute Gasteiger partial charge is 0.497 e. The molecule has 4 fully saturated rings. The third-order valence-electron chi connectivity index (χ3n) is 7.21. The second kappa shape index (κ2) is 8.30. The standard InChI is InChI=1S/C24H32N2O6/c1-14(21(28)25-18-6-19(30-3)8-20(7-18)31-4)32-22(29)23-9-16-5-17(10-23)12-24(11-16,13-23)26-15(2)27/h6-8,14,16-17H,5,9-13H2,1-4H3,(H,25,28)(H,26,27)/t14-,16+,17+,23?,24?/m0/s1. The number of hydrogen-bond donors (Lipinski definition) is 2. The molecule has 0 unspecified atom stereocenters. The molecule has 0 saturated heterocycles. The van der Waals surface area contributed by atoms with Crippen LogP contribution in [-0.4, -0.2) is 43.6 Å². The fraction of sp³-hybridized carbons (Fsp3) is 0.625. The van der Waals surface area contributed by atoms with E-state index in [0.29, 0.717) is 35.4 Å². The summed E-state index contributed by atoms with van der Waals surface area (Å²) in [5.74, 6) is 1.09. The fourth-order valence-corrected chi connectivity index (χ4v) is 6.48. The second-order valence-electron chi connectivity index (χ2n) is 9.84. The van der Waals surface area contributed by atoms with Crippen LogP contribution in [0.2, 0.25) is 0 Å². The molecule has 0 aromatic heterocycles. The summed E-state index contributed by atoms with van der Waals surface area (Å²) in [5.41, 5.74) is -0.453. The van der Waals surface area contributed by atoms with Crippen LogP contribution in [0, 0.1) is 17.3 Å².